The number of rotatable bonds is 3. The van der Waals surface area contributed by atoms with E-state index in [9.17, 15) is 4.39 Å². The molecule has 1 aliphatic heterocycles. The molecule has 1 aliphatic carbocycles. The van der Waals surface area contributed by atoms with Crippen LogP contribution < -0.4 is 4.74 Å². The van der Waals surface area contributed by atoms with Gasteiger partial charge in [-0.05, 0) is 37.8 Å². The van der Waals surface area contributed by atoms with Crippen molar-refractivity contribution in [1.29, 1.82) is 0 Å². The van der Waals surface area contributed by atoms with Crippen molar-refractivity contribution in [3.63, 3.8) is 0 Å². The van der Waals surface area contributed by atoms with Crippen molar-refractivity contribution in [1.82, 2.24) is 4.98 Å². The van der Waals surface area contributed by atoms with Gasteiger partial charge in [-0.25, -0.2) is 4.98 Å². The number of nitrogens with zero attached hydrogens (tertiary/aromatic N) is 1. The normalized spacial score (nSPS) is 25.6. The predicted molar refractivity (Wildman–Crippen MR) is 69.6 cm³/mol. The Kier molecular flexibility index (Phi) is 3.69. The molecular weight excluding hydrogens is 245 g/mol. The fourth-order valence-electron chi connectivity index (χ4n) is 3.21. The quantitative estimate of drug-likeness (QED) is 0.784. The highest BCUT2D eigenvalue weighted by molar-refractivity contribution is 5.16. The highest BCUT2D eigenvalue weighted by atomic mass is 19.1. The third kappa shape index (κ3) is 3.06. The van der Waals surface area contributed by atoms with Gasteiger partial charge in [0.1, 0.15) is 12.4 Å². The zero-order valence-corrected chi connectivity index (χ0v) is 11.1. The maximum Gasteiger partial charge on any atom is 0.213 e. The van der Waals surface area contributed by atoms with Crippen LogP contribution in [0.1, 0.15) is 44.9 Å². The highest BCUT2D eigenvalue weighted by Crippen LogP contribution is 2.41. The summed E-state index contributed by atoms with van der Waals surface area (Å²) < 4.78 is 24.5. The summed E-state index contributed by atoms with van der Waals surface area (Å²) in [6, 6.07) is 2.92. The topological polar surface area (TPSA) is 31.4 Å². The van der Waals surface area contributed by atoms with Crippen LogP contribution in [0.2, 0.25) is 0 Å². The molecule has 2 fully saturated rings. The van der Waals surface area contributed by atoms with Crippen molar-refractivity contribution in [3.8, 4) is 5.75 Å². The molecule has 1 aromatic rings. The van der Waals surface area contributed by atoms with Crippen LogP contribution in [0.4, 0.5) is 4.39 Å². The number of hydrogen-bond acceptors (Lipinski definition) is 3. The lowest BCUT2D eigenvalue weighted by atomic mass is 9.83. The van der Waals surface area contributed by atoms with Gasteiger partial charge in [0.05, 0.1) is 17.9 Å². The largest absolute Gasteiger partial charge is 0.489 e. The maximum absolute atomic E-state index is 12.7. The van der Waals surface area contributed by atoms with Crippen LogP contribution in [0.15, 0.2) is 18.3 Å². The summed E-state index contributed by atoms with van der Waals surface area (Å²) in [5.41, 5.74) is 0.132. The monoisotopic (exact) mass is 265 g/mol. The van der Waals surface area contributed by atoms with Crippen LogP contribution in [-0.4, -0.2) is 23.3 Å². The lowest BCUT2D eigenvalue weighted by molar-refractivity contribution is -0.0748. The van der Waals surface area contributed by atoms with E-state index in [4.69, 9.17) is 9.47 Å². The Labute approximate surface area is 113 Å². The molecule has 1 saturated heterocycles. The fourth-order valence-corrected chi connectivity index (χ4v) is 3.21. The molecule has 3 nitrogen and oxygen atoms in total. The van der Waals surface area contributed by atoms with E-state index in [0.29, 0.717) is 12.4 Å². The first-order valence-electron chi connectivity index (χ1n) is 7.18. The Bertz CT molecular complexity index is 415. The lowest BCUT2D eigenvalue weighted by Gasteiger charge is -2.33. The summed E-state index contributed by atoms with van der Waals surface area (Å²) in [5.74, 6) is 0.125. The van der Waals surface area contributed by atoms with E-state index in [1.807, 2.05) is 0 Å². The Morgan fingerprint density at radius 3 is 2.84 bits per heavy atom. The Balaban J connectivity index is 1.50. The van der Waals surface area contributed by atoms with Crippen molar-refractivity contribution in [2.45, 2.75) is 56.7 Å². The summed E-state index contributed by atoms with van der Waals surface area (Å²) in [6.07, 6.45) is 10.1. The molecule has 4 heteroatoms. The minimum atomic E-state index is -0.481. The van der Waals surface area contributed by atoms with E-state index in [2.05, 4.69) is 4.98 Å². The van der Waals surface area contributed by atoms with Crippen LogP contribution in [0.25, 0.3) is 0 Å². The standard InChI is InChI=1S/C15H20FNO2/c16-14-5-4-12(10-17-14)18-11-13-6-9-15(19-13)7-2-1-3-8-15/h4-5,10,13H,1-3,6-9,11H2. The van der Waals surface area contributed by atoms with E-state index in [0.717, 1.165) is 12.8 Å². The van der Waals surface area contributed by atoms with Gasteiger partial charge in [0, 0.05) is 0 Å². The highest BCUT2D eigenvalue weighted by Gasteiger charge is 2.40. The minimum absolute atomic E-state index is 0.132. The molecular formula is C15H20FNO2. The Hall–Kier alpha value is -1.16. The average Bonchev–Trinajstić information content (AvgIpc) is 2.82. The molecule has 1 aromatic heterocycles. The van der Waals surface area contributed by atoms with Crippen LogP contribution >= 0.6 is 0 Å². The summed E-state index contributed by atoms with van der Waals surface area (Å²) >= 11 is 0. The van der Waals surface area contributed by atoms with Crippen LogP contribution in [0.5, 0.6) is 5.75 Å². The van der Waals surface area contributed by atoms with Crippen LogP contribution in [0.3, 0.4) is 0 Å². The summed E-state index contributed by atoms with van der Waals surface area (Å²) in [6.45, 7) is 0.537. The molecule has 1 unspecified atom stereocenters. The summed E-state index contributed by atoms with van der Waals surface area (Å²) in [4.78, 5) is 3.58. The van der Waals surface area contributed by atoms with Crippen molar-refractivity contribution in [2.24, 2.45) is 0 Å². The van der Waals surface area contributed by atoms with Crippen molar-refractivity contribution in [2.75, 3.05) is 6.61 Å². The van der Waals surface area contributed by atoms with Gasteiger partial charge in [-0.15, -0.1) is 0 Å². The smallest absolute Gasteiger partial charge is 0.213 e. The molecule has 0 amide bonds. The zero-order chi connectivity index (χ0) is 13.1. The summed E-state index contributed by atoms with van der Waals surface area (Å²) in [5, 5.41) is 0. The third-order valence-corrected chi connectivity index (χ3v) is 4.24. The fraction of sp³-hybridized carbons (Fsp3) is 0.667. The molecule has 1 spiro atoms. The van der Waals surface area contributed by atoms with Gasteiger partial charge in [-0.3, -0.25) is 0 Å². The number of ether oxygens (including phenoxy) is 2. The van der Waals surface area contributed by atoms with Crippen LogP contribution in [0, 0.1) is 5.95 Å². The molecule has 3 rings (SSSR count). The van der Waals surface area contributed by atoms with E-state index < -0.39 is 5.95 Å². The van der Waals surface area contributed by atoms with Crippen LogP contribution in [-0.2, 0) is 4.74 Å². The van der Waals surface area contributed by atoms with Crippen molar-refractivity contribution in [3.05, 3.63) is 24.3 Å². The third-order valence-electron chi connectivity index (χ3n) is 4.24. The van der Waals surface area contributed by atoms with Gasteiger partial charge in [-0.2, -0.15) is 4.39 Å². The van der Waals surface area contributed by atoms with Crippen molar-refractivity contribution < 1.29 is 13.9 Å². The van der Waals surface area contributed by atoms with E-state index >= 15 is 0 Å². The second-order valence-corrected chi connectivity index (χ2v) is 5.65. The number of aromatic nitrogens is 1. The van der Waals surface area contributed by atoms with Gasteiger partial charge in [0.2, 0.25) is 5.95 Å². The maximum atomic E-state index is 12.7. The Morgan fingerprint density at radius 1 is 1.26 bits per heavy atom. The van der Waals surface area contributed by atoms with E-state index in [1.165, 1.54) is 44.4 Å². The minimum Gasteiger partial charge on any atom is -0.489 e. The van der Waals surface area contributed by atoms with Gasteiger partial charge in [0.15, 0.2) is 0 Å². The number of halogens is 1. The van der Waals surface area contributed by atoms with Gasteiger partial charge < -0.3 is 9.47 Å². The second kappa shape index (κ2) is 5.45. The van der Waals surface area contributed by atoms with Gasteiger partial charge in [-0.1, -0.05) is 19.3 Å². The predicted octanol–water partition coefficient (Wildman–Crippen LogP) is 3.48. The molecule has 0 bridgehead atoms. The van der Waals surface area contributed by atoms with Gasteiger partial charge >= 0.3 is 0 Å². The SMILES string of the molecule is Fc1ccc(OCC2CCC3(CCCCC3)O2)cn1. The zero-order valence-electron chi connectivity index (χ0n) is 11.1. The van der Waals surface area contributed by atoms with E-state index in [1.54, 1.807) is 6.07 Å². The first kappa shape index (κ1) is 12.9. The summed E-state index contributed by atoms with van der Waals surface area (Å²) in [7, 11) is 0. The Morgan fingerprint density at radius 2 is 2.11 bits per heavy atom. The van der Waals surface area contributed by atoms with Gasteiger partial charge in [0.25, 0.3) is 0 Å². The second-order valence-electron chi connectivity index (χ2n) is 5.65. The molecule has 19 heavy (non-hydrogen) atoms. The molecule has 0 aromatic carbocycles. The van der Waals surface area contributed by atoms with Crippen molar-refractivity contribution >= 4 is 0 Å². The van der Waals surface area contributed by atoms with E-state index in [-0.39, 0.29) is 11.7 Å². The average molecular weight is 265 g/mol. The number of hydrogen-bond donors (Lipinski definition) is 0. The first-order valence-corrected chi connectivity index (χ1v) is 7.18. The first-order chi connectivity index (χ1) is 9.26. The number of pyridine rings is 1. The molecule has 2 heterocycles. The molecule has 0 radical (unpaired) electrons. The molecule has 0 N–H and O–H groups in total. The molecule has 1 saturated carbocycles. The molecule has 1 atom stereocenters. The molecule has 104 valence electrons. The lowest BCUT2D eigenvalue weighted by Crippen LogP contribution is -2.32. The molecule has 2 aliphatic rings.